The van der Waals surface area contributed by atoms with E-state index in [0.29, 0.717) is 35.9 Å². The molecule has 1 aliphatic rings. The number of hydrogen-bond donors (Lipinski definition) is 1. The summed E-state index contributed by atoms with van der Waals surface area (Å²) in [7, 11) is 2.16. The van der Waals surface area contributed by atoms with Gasteiger partial charge in [0, 0.05) is 37.1 Å². The smallest absolute Gasteiger partial charge is 0.276 e. The average Bonchev–Trinajstić information content (AvgIpc) is 3.38. The van der Waals surface area contributed by atoms with Gasteiger partial charge in [0.1, 0.15) is 5.52 Å². The molecule has 1 N–H and O–H groups in total. The first kappa shape index (κ1) is 22.3. The molecule has 1 aliphatic carbocycles. The molecule has 0 spiro atoms. The van der Waals surface area contributed by atoms with Gasteiger partial charge in [0.25, 0.3) is 11.5 Å². The zero-order valence-electron chi connectivity index (χ0n) is 19.6. The van der Waals surface area contributed by atoms with Crippen molar-refractivity contribution in [1.29, 1.82) is 0 Å². The molecule has 1 saturated carbocycles. The molecule has 3 aromatic heterocycles. The van der Waals surface area contributed by atoms with Crippen LogP contribution in [0.4, 0.5) is 0 Å². The van der Waals surface area contributed by atoms with Crippen molar-refractivity contribution in [3.63, 3.8) is 0 Å². The molecule has 0 radical (unpaired) electrons. The third kappa shape index (κ3) is 4.48. The van der Waals surface area contributed by atoms with Gasteiger partial charge in [-0.15, -0.1) is 0 Å². The molecule has 0 atom stereocenters. The van der Waals surface area contributed by atoms with E-state index in [1.165, 1.54) is 32.1 Å². The van der Waals surface area contributed by atoms with Crippen LogP contribution in [0.2, 0.25) is 0 Å². The van der Waals surface area contributed by atoms with Crippen LogP contribution in [0.5, 0.6) is 0 Å². The summed E-state index contributed by atoms with van der Waals surface area (Å²) in [6.45, 7) is 1.89. The second-order valence-corrected chi connectivity index (χ2v) is 9.23. The molecule has 5 rings (SSSR count). The molecule has 1 amide bonds. The van der Waals surface area contributed by atoms with Crippen molar-refractivity contribution in [3.05, 3.63) is 82.4 Å². The van der Waals surface area contributed by atoms with Crippen molar-refractivity contribution < 1.29 is 4.79 Å². The Hall–Kier alpha value is -3.45. The van der Waals surface area contributed by atoms with Crippen LogP contribution >= 0.6 is 0 Å². The van der Waals surface area contributed by atoms with E-state index in [1.807, 2.05) is 59.1 Å². The maximum Gasteiger partial charge on any atom is 0.276 e. The highest BCUT2D eigenvalue weighted by atomic mass is 16.1. The monoisotopic (exact) mass is 457 g/mol. The van der Waals surface area contributed by atoms with Gasteiger partial charge in [0.2, 0.25) is 0 Å². The minimum Gasteiger partial charge on any atom is -0.351 e. The quantitative estimate of drug-likeness (QED) is 0.459. The standard InChI is InChI=1S/C27H31N5O2/c1-30(22-7-3-2-4-8-22)18-16-29-26(33)21-13-11-20(12-14-21)19-32-25-23(9-5-15-28-25)31-17-6-10-24(31)27(32)34/h5-6,9-15,17,22H,2-4,7-8,16,18-19H2,1H3,(H,29,33). The van der Waals surface area contributed by atoms with E-state index < -0.39 is 0 Å². The first-order valence-corrected chi connectivity index (χ1v) is 12.1. The van der Waals surface area contributed by atoms with Crippen molar-refractivity contribution in [2.45, 2.75) is 44.7 Å². The molecule has 0 unspecified atom stereocenters. The number of likely N-dealkylation sites (N-methyl/N-ethyl adjacent to an activating group) is 1. The van der Waals surface area contributed by atoms with E-state index in [-0.39, 0.29) is 11.5 Å². The van der Waals surface area contributed by atoms with Gasteiger partial charge < -0.3 is 14.6 Å². The summed E-state index contributed by atoms with van der Waals surface area (Å²) in [6, 6.07) is 15.6. The highest BCUT2D eigenvalue weighted by Gasteiger charge is 2.18. The van der Waals surface area contributed by atoms with Crippen LogP contribution in [0.3, 0.4) is 0 Å². The van der Waals surface area contributed by atoms with Crippen molar-refractivity contribution in [2.75, 3.05) is 20.1 Å². The Morgan fingerprint density at radius 3 is 2.62 bits per heavy atom. The van der Waals surface area contributed by atoms with E-state index in [2.05, 4.69) is 22.2 Å². The molecule has 7 nitrogen and oxygen atoms in total. The Balaban J connectivity index is 1.26. The lowest BCUT2D eigenvalue weighted by Crippen LogP contribution is -2.39. The maximum atomic E-state index is 13.1. The minimum atomic E-state index is -0.0832. The van der Waals surface area contributed by atoms with Gasteiger partial charge in [-0.1, -0.05) is 31.4 Å². The molecule has 0 bridgehead atoms. The lowest BCUT2D eigenvalue weighted by Gasteiger charge is -2.31. The lowest BCUT2D eigenvalue weighted by atomic mass is 9.94. The minimum absolute atomic E-state index is 0.0671. The predicted octanol–water partition coefficient (Wildman–Crippen LogP) is 3.69. The van der Waals surface area contributed by atoms with Crippen LogP contribution in [-0.2, 0) is 6.54 Å². The summed E-state index contributed by atoms with van der Waals surface area (Å²) in [5, 5.41) is 3.04. The van der Waals surface area contributed by atoms with Crippen molar-refractivity contribution in [1.82, 2.24) is 24.2 Å². The molecule has 0 saturated heterocycles. The third-order valence-electron chi connectivity index (χ3n) is 7.00. The number of benzene rings is 1. The maximum absolute atomic E-state index is 13.1. The summed E-state index contributed by atoms with van der Waals surface area (Å²) < 4.78 is 3.57. The van der Waals surface area contributed by atoms with E-state index >= 15 is 0 Å². The van der Waals surface area contributed by atoms with Gasteiger partial charge in [0.05, 0.1) is 12.1 Å². The zero-order chi connectivity index (χ0) is 23.5. The Kier molecular flexibility index (Phi) is 6.45. The van der Waals surface area contributed by atoms with Crippen LogP contribution in [0.1, 0.15) is 48.0 Å². The summed E-state index contributed by atoms with van der Waals surface area (Å²) in [5.41, 5.74) is 3.63. The molecular formula is C27H31N5O2. The highest BCUT2D eigenvalue weighted by Crippen LogP contribution is 2.21. The van der Waals surface area contributed by atoms with Gasteiger partial charge in [-0.05, 0) is 61.9 Å². The fraction of sp³-hybridized carbons (Fsp3) is 0.370. The summed E-state index contributed by atoms with van der Waals surface area (Å²) in [4.78, 5) is 32.6. The highest BCUT2D eigenvalue weighted by molar-refractivity contribution is 5.94. The number of hydrogen-bond acceptors (Lipinski definition) is 4. The van der Waals surface area contributed by atoms with Crippen molar-refractivity contribution in [3.8, 4) is 0 Å². The summed E-state index contributed by atoms with van der Waals surface area (Å²) in [6.07, 6.45) is 10.1. The second-order valence-electron chi connectivity index (χ2n) is 9.23. The molecule has 4 aromatic rings. The van der Waals surface area contributed by atoms with Crippen LogP contribution < -0.4 is 10.9 Å². The topological polar surface area (TPSA) is 71.6 Å². The number of rotatable bonds is 7. The average molecular weight is 458 g/mol. The van der Waals surface area contributed by atoms with Crippen LogP contribution in [0, 0.1) is 0 Å². The van der Waals surface area contributed by atoms with Gasteiger partial charge in [-0.3, -0.25) is 14.2 Å². The molecule has 7 heteroatoms. The van der Waals surface area contributed by atoms with Crippen LogP contribution in [0.15, 0.2) is 65.7 Å². The van der Waals surface area contributed by atoms with E-state index in [1.54, 1.807) is 10.8 Å². The number of nitrogens with zero attached hydrogens (tertiary/aromatic N) is 4. The summed E-state index contributed by atoms with van der Waals surface area (Å²) >= 11 is 0. The number of carbonyl (C=O) groups excluding carboxylic acids is 1. The molecule has 176 valence electrons. The van der Waals surface area contributed by atoms with E-state index in [9.17, 15) is 9.59 Å². The van der Waals surface area contributed by atoms with Gasteiger partial charge in [-0.2, -0.15) is 0 Å². The van der Waals surface area contributed by atoms with Gasteiger partial charge in [-0.25, -0.2) is 4.98 Å². The van der Waals surface area contributed by atoms with Gasteiger partial charge >= 0.3 is 0 Å². The Morgan fingerprint density at radius 1 is 1.06 bits per heavy atom. The largest absolute Gasteiger partial charge is 0.351 e. The Morgan fingerprint density at radius 2 is 1.82 bits per heavy atom. The molecule has 0 aliphatic heterocycles. The fourth-order valence-electron chi connectivity index (χ4n) is 5.03. The predicted molar refractivity (Wildman–Crippen MR) is 134 cm³/mol. The van der Waals surface area contributed by atoms with Crippen LogP contribution in [-0.4, -0.2) is 50.9 Å². The molecule has 1 aromatic carbocycles. The summed E-state index contributed by atoms with van der Waals surface area (Å²) in [5.74, 6) is -0.0671. The van der Waals surface area contributed by atoms with Crippen molar-refractivity contribution in [2.24, 2.45) is 0 Å². The third-order valence-corrected chi connectivity index (χ3v) is 7.00. The van der Waals surface area contributed by atoms with Crippen molar-refractivity contribution >= 4 is 22.6 Å². The Labute approximate surface area is 199 Å². The number of aromatic nitrogens is 3. The molecule has 3 heterocycles. The number of pyridine rings is 1. The van der Waals surface area contributed by atoms with E-state index in [4.69, 9.17) is 0 Å². The molecule has 34 heavy (non-hydrogen) atoms. The first-order chi connectivity index (χ1) is 16.6. The normalized spacial score (nSPS) is 14.8. The first-order valence-electron chi connectivity index (χ1n) is 12.1. The zero-order valence-corrected chi connectivity index (χ0v) is 19.6. The number of carbonyl (C=O) groups is 1. The molecule has 1 fully saturated rings. The van der Waals surface area contributed by atoms with Crippen LogP contribution in [0.25, 0.3) is 16.7 Å². The Bertz CT molecular complexity index is 1350. The SMILES string of the molecule is CN(CCNC(=O)c1ccc(Cn2c(=O)c3cccn3c3cccnc32)cc1)C1CCCCC1. The molecular weight excluding hydrogens is 426 g/mol. The van der Waals surface area contributed by atoms with E-state index in [0.717, 1.165) is 17.6 Å². The number of nitrogens with one attached hydrogen (secondary N) is 1. The lowest BCUT2D eigenvalue weighted by molar-refractivity contribution is 0.0944. The van der Waals surface area contributed by atoms with Gasteiger partial charge in [0.15, 0.2) is 5.65 Å². The second kappa shape index (κ2) is 9.81. The number of amides is 1. The fourth-order valence-corrected chi connectivity index (χ4v) is 5.03. The number of fused-ring (bicyclic) bond motifs is 3.